The summed E-state index contributed by atoms with van der Waals surface area (Å²) in [6.07, 6.45) is -38.3. The molecule has 38 heteroatoms. The second kappa shape index (κ2) is 47.7. The lowest BCUT2D eigenvalue weighted by Crippen LogP contribution is -2.65. The fraction of sp³-hybridized carbons (Fsp3) is 0.793. The molecular weight excluding hydrogens is 1590 g/mol. The number of hydrogen-bond donors (Lipinski definition) is 22. The van der Waals surface area contributed by atoms with Crippen LogP contribution in [0.2, 0.25) is 0 Å². The lowest BCUT2D eigenvalue weighted by atomic mass is 9.95. The summed E-state index contributed by atoms with van der Waals surface area (Å²) in [5, 5.41) is 235. The van der Waals surface area contributed by atoms with Crippen LogP contribution < -0.4 is 0 Å². The quantitative estimate of drug-likeness (QED) is 0.0161. The van der Waals surface area contributed by atoms with Crippen LogP contribution in [0.15, 0.2) is 95.2 Å². The third-order valence-electron chi connectivity index (χ3n) is 22.9. The Labute approximate surface area is 698 Å². The molecule has 22 N–H and O–H groups in total. The van der Waals surface area contributed by atoms with Gasteiger partial charge in [-0.2, -0.15) is 0 Å². The average molecular weight is 1730 g/mol. The van der Waals surface area contributed by atoms with Gasteiger partial charge in [0.15, 0.2) is 50.1 Å². The van der Waals surface area contributed by atoms with E-state index in [1.54, 1.807) is 27.7 Å². The number of ether oxygens (including phenoxy) is 15. The van der Waals surface area contributed by atoms with E-state index >= 15 is 0 Å². The average Bonchev–Trinajstić information content (AvgIpc) is 0.784. The largest absolute Gasteiger partial charge is 0.453 e. The SMILES string of the molecule is C=CC(C)(CCC=C(C)CCC=C(C)CCC=C(C)COC1OC(COC2OC(C)C(O)C(O)C2O)C(OC2OC(C)C(O)C(OC(=O)C(C)=CC(O)CC(C)=CCCC(C)=CCCC(C)(C=C)OC3OC(CO)C(O)C(O)C3OC3OC(CO)C(O)C(O)C3O)C2O)C(O)C1O)OC1OC(CO)C(O)C(O)C1OC1OC(CO)C(O)C(O)C1O. The molecule has 7 saturated heterocycles. The zero-order chi connectivity index (χ0) is 89.1. The Balaban J connectivity index is 0.890. The van der Waals surface area contributed by atoms with E-state index in [9.17, 15) is 117 Å². The zero-order valence-electron chi connectivity index (χ0n) is 69.7. The van der Waals surface area contributed by atoms with Crippen molar-refractivity contribution in [1.82, 2.24) is 0 Å². The highest BCUT2D eigenvalue weighted by Crippen LogP contribution is 2.39. The first-order valence-corrected chi connectivity index (χ1v) is 40.9. The minimum Gasteiger partial charge on any atom is -0.453 e. The number of rotatable bonds is 42. The van der Waals surface area contributed by atoms with Crippen molar-refractivity contribution in [1.29, 1.82) is 0 Å². The van der Waals surface area contributed by atoms with Gasteiger partial charge in [0, 0.05) is 5.57 Å². The van der Waals surface area contributed by atoms with Crippen molar-refractivity contribution in [2.45, 2.75) is 372 Å². The summed E-state index contributed by atoms with van der Waals surface area (Å²) in [7, 11) is 0. The lowest BCUT2D eigenvalue weighted by Gasteiger charge is -2.47. The molecule has 0 amide bonds. The highest BCUT2D eigenvalue weighted by Gasteiger charge is 2.57. The predicted octanol–water partition coefficient (Wildman–Crippen LogP) is -3.44. The van der Waals surface area contributed by atoms with Crippen molar-refractivity contribution < 1.29 is 188 Å². The molecule has 120 heavy (non-hydrogen) atoms. The van der Waals surface area contributed by atoms with Gasteiger partial charge in [-0.3, -0.25) is 0 Å². The molecule has 7 fully saturated rings. The number of aliphatic hydroxyl groups is 22. The van der Waals surface area contributed by atoms with Crippen LogP contribution in [-0.4, -0.2) is 390 Å². The maximum Gasteiger partial charge on any atom is 0.333 e. The van der Waals surface area contributed by atoms with E-state index in [1.807, 2.05) is 45.1 Å². The molecule has 0 radical (unpaired) electrons. The smallest absolute Gasteiger partial charge is 0.333 e. The van der Waals surface area contributed by atoms with Crippen LogP contribution in [0.1, 0.15) is 140 Å². The first kappa shape index (κ1) is 103. The highest BCUT2D eigenvalue weighted by atomic mass is 16.8. The van der Waals surface area contributed by atoms with Gasteiger partial charge in [-0.05, 0) is 146 Å². The Kier molecular flexibility index (Phi) is 40.9. The van der Waals surface area contributed by atoms with E-state index in [-0.39, 0.29) is 18.6 Å². The lowest BCUT2D eigenvalue weighted by molar-refractivity contribution is -0.375. The maximum atomic E-state index is 13.7. The Morgan fingerprint density at radius 2 is 0.717 bits per heavy atom. The van der Waals surface area contributed by atoms with Crippen molar-refractivity contribution in [3.8, 4) is 0 Å². The summed E-state index contributed by atoms with van der Waals surface area (Å²) in [5.41, 5.74) is 2.18. The Hall–Kier alpha value is -4.05. The third kappa shape index (κ3) is 27.5. The number of aliphatic hydroxyl groups excluding tert-OH is 22. The molecule has 7 rings (SSSR count). The Morgan fingerprint density at radius 3 is 1.17 bits per heavy atom. The third-order valence-corrected chi connectivity index (χ3v) is 22.9. The molecule has 0 bridgehead atoms. The van der Waals surface area contributed by atoms with Crippen LogP contribution >= 0.6 is 0 Å². The van der Waals surface area contributed by atoms with Crippen molar-refractivity contribution in [3.63, 3.8) is 0 Å². The monoisotopic (exact) mass is 1730 g/mol. The molecule has 690 valence electrons. The minimum absolute atomic E-state index is 0.0912. The van der Waals surface area contributed by atoms with Crippen LogP contribution in [0.3, 0.4) is 0 Å². The molecule has 38 atom stereocenters. The molecular formula is C82H134O38. The minimum atomic E-state index is -1.97. The topological polar surface area (TPSA) is 601 Å². The summed E-state index contributed by atoms with van der Waals surface area (Å²) < 4.78 is 88.3. The Bertz CT molecular complexity index is 3340. The van der Waals surface area contributed by atoms with Gasteiger partial charge in [-0.15, -0.1) is 13.2 Å². The second-order valence-corrected chi connectivity index (χ2v) is 32.9. The molecule has 38 nitrogen and oxygen atoms in total. The van der Waals surface area contributed by atoms with Gasteiger partial charge >= 0.3 is 5.97 Å². The zero-order valence-corrected chi connectivity index (χ0v) is 69.7. The van der Waals surface area contributed by atoms with Gasteiger partial charge in [-0.1, -0.05) is 70.4 Å². The normalized spacial score (nSPS) is 41.1. The number of carbonyl (C=O) groups excluding carboxylic acids is 1. The molecule has 38 unspecified atom stereocenters. The van der Waals surface area contributed by atoms with E-state index in [0.717, 1.165) is 27.9 Å². The molecule has 7 heterocycles. The van der Waals surface area contributed by atoms with Crippen molar-refractivity contribution in [2.75, 3.05) is 39.6 Å². The second-order valence-electron chi connectivity index (χ2n) is 32.9. The van der Waals surface area contributed by atoms with Crippen molar-refractivity contribution in [3.05, 3.63) is 95.2 Å². The summed E-state index contributed by atoms with van der Waals surface area (Å²) >= 11 is 0. The van der Waals surface area contributed by atoms with Gasteiger partial charge in [0.05, 0.1) is 69.2 Å². The molecule has 0 aliphatic carbocycles. The maximum absolute atomic E-state index is 13.7. The van der Waals surface area contributed by atoms with Gasteiger partial charge in [-0.25, -0.2) is 4.79 Å². The summed E-state index contributed by atoms with van der Waals surface area (Å²) in [6.45, 7) is 21.2. The van der Waals surface area contributed by atoms with E-state index in [0.29, 0.717) is 64.2 Å². The fourth-order valence-corrected chi connectivity index (χ4v) is 14.8. The first-order valence-electron chi connectivity index (χ1n) is 40.9. The molecule has 0 aromatic heterocycles. The molecule has 7 aliphatic heterocycles. The number of hydrogen-bond acceptors (Lipinski definition) is 38. The summed E-state index contributed by atoms with van der Waals surface area (Å²) in [6, 6.07) is 0. The summed E-state index contributed by atoms with van der Waals surface area (Å²) in [4.78, 5) is 13.7. The van der Waals surface area contributed by atoms with Crippen LogP contribution in [0, 0.1) is 0 Å². The van der Waals surface area contributed by atoms with E-state index in [4.69, 9.17) is 71.1 Å². The molecule has 0 spiro atoms. The first-order chi connectivity index (χ1) is 56.6. The standard InChI is InChI=1S/C82H134O38/c1-13-81(11,119-79-71(61(97)56(92)49(34-85)112-79)117-76-65(101)59(95)54(90)47(32-83)110-76)28-18-26-39(4)21-15-20-38(3)23-17-25-42(7)36-106-75-67(103)63(99)69(51(114-75)37-107-74-64(100)58(94)52(88)44(9)108-74)116-78-68(104)70(53(89)45(10)109-78)115-73(105)43(8)31-46(87)30-41(6)24-16-22-40(5)27-19-29-82(12,14-2)120-80-72(62(98)57(93)50(35-86)113-80)118-77-66(102)60(96)55(91)48(33-84)111-77/h13-14,20,24-27,31,44-72,74-80,83-104H,1-2,15-19,21-23,28-30,32-37H2,3-12H3. The van der Waals surface area contributed by atoms with E-state index in [2.05, 4.69) is 19.2 Å². The van der Waals surface area contributed by atoms with Crippen LogP contribution in [0.25, 0.3) is 0 Å². The van der Waals surface area contributed by atoms with Gasteiger partial charge < -0.3 is 183 Å². The predicted molar refractivity (Wildman–Crippen MR) is 418 cm³/mol. The number of allylic oxidation sites excluding steroid dienone is 8. The van der Waals surface area contributed by atoms with E-state index in [1.165, 1.54) is 39.0 Å². The van der Waals surface area contributed by atoms with Crippen molar-refractivity contribution >= 4 is 5.97 Å². The van der Waals surface area contributed by atoms with Crippen molar-refractivity contribution in [2.24, 2.45) is 0 Å². The molecule has 7 aliphatic rings. The van der Waals surface area contributed by atoms with Gasteiger partial charge in [0.1, 0.15) is 153 Å². The van der Waals surface area contributed by atoms with Gasteiger partial charge in [0.25, 0.3) is 0 Å². The van der Waals surface area contributed by atoms with Crippen LogP contribution in [0.4, 0.5) is 0 Å². The number of carbonyl (C=O) groups is 1. The molecule has 0 saturated carbocycles. The molecule has 0 aromatic rings. The number of esters is 1. The van der Waals surface area contributed by atoms with E-state index < -0.39 is 271 Å². The highest BCUT2D eigenvalue weighted by molar-refractivity contribution is 5.88. The molecule has 0 aromatic carbocycles. The summed E-state index contributed by atoms with van der Waals surface area (Å²) in [5.74, 6) is -1.04. The fourth-order valence-electron chi connectivity index (χ4n) is 14.8. The van der Waals surface area contributed by atoms with Gasteiger partial charge in [0.2, 0.25) is 0 Å². The Morgan fingerprint density at radius 1 is 0.375 bits per heavy atom. The van der Waals surface area contributed by atoms with Crippen LogP contribution in [0.5, 0.6) is 0 Å². The van der Waals surface area contributed by atoms with Crippen LogP contribution in [-0.2, 0) is 75.8 Å².